The molecule has 0 aromatic carbocycles. The van der Waals surface area contributed by atoms with Crippen molar-refractivity contribution in [2.75, 3.05) is 19.7 Å². The molecule has 0 saturated carbocycles. The van der Waals surface area contributed by atoms with Crippen molar-refractivity contribution in [1.29, 1.82) is 0 Å². The minimum atomic E-state index is -1.04. The standard InChI is InChI=1S/C9H17N5O4/c10-7(8(15)16)3-1-2-6-18-9(17)12-4-5-13-14-11/h7H,1-6,10H2,(H,12,17)(H,15,16)/t7-/m0/s1. The average Bonchev–Trinajstić information content (AvgIpc) is 2.33. The van der Waals surface area contributed by atoms with Crippen molar-refractivity contribution in [1.82, 2.24) is 5.32 Å². The largest absolute Gasteiger partial charge is 0.480 e. The highest BCUT2D eigenvalue weighted by molar-refractivity contribution is 5.72. The molecule has 102 valence electrons. The van der Waals surface area contributed by atoms with E-state index in [9.17, 15) is 9.59 Å². The predicted octanol–water partition coefficient (Wildman–Crippen LogP) is 0.605. The van der Waals surface area contributed by atoms with Crippen LogP contribution >= 0.6 is 0 Å². The van der Waals surface area contributed by atoms with Crippen molar-refractivity contribution in [3.8, 4) is 0 Å². The van der Waals surface area contributed by atoms with Crippen LogP contribution in [0.5, 0.6) is 0 Å². The van der Waals surface area contributed by atoms with E-state index in [0.717, 1.165) is 0 Å². The average molecular weight is 259 g/mol. The summed E-state index contributed by atoms with van der Waals surface area (Å²) in [6.45, 7) is 0.575. The van der Waals surface area contributed by atoms with Gasteiger partial charge < -0.3 is 20.9 Å². The number of hydrogen-bond acceptors (Lipinski definition) is 5. The van der Waals surface area contributed by atoms with Crippen LogP contribution in [0.2, 0.25) is 0 Å². The van der Waals surface area contributed by atoms with Gasteiger partial charge in [0, 0.05) is 18.0 Å². The van der Waals surface area contributed by atoms with E-state index in [1.54, 1.807) is 0 Å². The van der Waals surface area contributed by atoms with Gasteiger partial charge in [-0.05, 0) is 24.8 Å². The first kappa shape index (κ1) is 16.0. The van der Waals surface area contributed by atoms with Crippen LogP contribution in [0.3, 0.4) is 0 Å². The van der Waals surface area contributed by atoms with Crippen LogP contribution in [-0.4, -0.2) is 42.9 Å². The van der Waals surface area contributed by atoms with Crippen LogP contribution in [0.1, 0.15) is 19.3 Å². The van der Waals surface area contributed by atoms with Crippen LogP contribution in [0.15, 0.2) is 5.11 Å². The molecule has 18 heavy (non-hydrogen) atoms. The first-order valence-corrected chi connectivity index (χ1v) is 5.47. The number of carboxylic acid groups (broad SMARTS) is 1. The molecule has 0 aliphatic heterocycles. The molecule has 0 aliphatic rings. The zero-order valence-electron chi connectivity index (χ0n) is 9.91. The summed E-state index contributed by atoms with van der Waals surface area (Å²) in [6, 6.07) is -0.873. The van der Waals surface area contributed by atoms with Gasteiger partial charge in [0.05, 0.1) is 6.61 Å². The monoisotopic (exact) mass is 259 g/mol. The van der Waals surface area contributed by atoms with E-state index in [-0.39, 0.29) is 19.7 Å². The maximum atomic E-state index is 11.0. The van der Waals surface area contributed by atoms with Crippen LogP contribution in [0.25, 0.3) is 10.4 Å². The van der Waals surface area contributed by atoms with Gasteiger partial charge >= 0.3 is 12.1 Å². The molecule has 0 bridgehead atoms. The summed E-state index contributed by atoms with van der Waals surface area (Å²) in [7, 11) is 0. The van der Waals surface area contributed by atoms with Gasteiger partial charge in [0.2, 0.25) is 0 Å². The minimum absolute atomic E-state index is 0.166. The molecule has 0 fully saturated rings. The fraction of sp³-hybridized carbons (Fsp3) is 0.778. The topological polar surface area (TPSA) is 150 Å². The zero-order chi connectivity index (χ0) is 13.8. The SMILES string of the molecule is [N-]=[N+]=NCCNC(=O)OCCCC[C@H](N)C(=O)O. The van der Waals surface area contributed by atoms with Crippen LogP contribution in [0.4, 0.5) is 4.79 Å². The quantitative estimate of drug-likeness (QED) is 0.240. The molecule has 1 atom stereocenters. The Morgan fingerprint density at radius 3 is 2.83 bits per heavy atom. The Balaban J connectivity index is 3.40. The molecule has 0 heterocycles. The minimum Gasteiger partial charge on any atom is -0.480 e. The van der Waals surface area contributed by atoms with E-state index in [4.69, 9.17) is 21.1 Å². The zero-order valence-corrected chi connectivity index (χ0v) is 9.91. The predicted molar refractivity (Wildman–Crippen MR) is 62.8 cm³/mol. The van der Waals surface area contributed by atoms with E-state index < -0.39 is 18.1 Å². The van der Waals surface area contributed by atoms with Crippen molar-refractivity contribution >= 4 is 12.1 Å². The van der Waals surface area contributed by atoms with Gasteiger partial charge in [0.1, 0.15) is 6.04 Å². The Hall–Kier alpha value is -1.99. The number of carbonyl (C=O) groups excluding carboxylic acids is 1. The highest BCUT2D eigenvalue weighted by Crippen LogP contribution is 1.99. The number of nitrogens with zero attached hydrogens (tertiary/aromatic N) is 3. The number of ether oxygens (including phenoxy) is 1. The second kappa shape index (κ2) is 10.2. The van der Waals surface area contributed by atoms with E-state index in [2.05, 4.69) is 15.3 Å². The van der Waals surface area contributed by atoms with Gasteiger partial charge in [0.25, 0.3) is 0 Å². The summed E-state index contributed by atoms with van der Waals surface area (Å²) in [5.41, 5.74) is 13.3. The lowest BCUT2D eigenvalue weighted by molar-refractivity contribution is -0.138. The number of amides is 1. The smallest absolute Gasteiger partial charge is 0.407 e. The number of hydrogen-bond donors (Lipinski definition) is 3. The number of azide groups is 1. The van der Waals surface area contributed by atoms with Crippen molar-refractivity contribution in [3.05, 3.63) is 10.4 Å². The van der Waals surface area contributed by atoms with Crippen molar-refractivity contribution in [2.45, 2.75) is 25.3 Å². The van der Waals surface area contributed by atoms with Gasteiger partial charge in [-0.1, -0.05) is 5.11 Å². The normalized spacial score (nSPS) is 11.2. The Bertz CT molecular complexity index is 316. The lowest BCUT2D eigenvalue weighted by Gasteiger charge is -2.07. The van der Waals surface area contributed by atoms with Crippen molar-refractivity contribution in [3.63, 3.8) is 0 Å². The third kappa shape index (κ3) is 9.25. The van der Waals surface area contributed by atoms with Gasteiger partial charge in [0.15, 0.2) is 0 Å². The molecule has 0 aliphatic carbocycles. The highest BCUT2D eigenvalue weighted by Gasteiger charge is 2.10. The molecule has 9 heteroatoms. The lowest BCUT2D eigenvalue weighted by Crippen LogP contribution is -2.30. The van der Waals surface area contributed by atoms with E-state index >= 15 is 0 Å². The first-order chi connectivity index (χ1) is 8.57. The number of carbonyl (C=O) groups is 2. The number of aliphatic carboxylic acids is 1. The van der Waals surface area contributed by atoms with Crippen LogP contribution in [-0.2, 0) is 9.53 Å². The van der Waals surface area contributed by atoms with Crippen LogP contribution in [0, 0.1) is 0 Å². The van der Waals surface area contributed by atoms with Crippen molar-refractivity contribution < 1.29 is 19.4 Å². The molecule has 1 amide bonds. The summed E-state index contributed by atoms with van der Waals surface area (Å²) >= 11 is 0. The number of unbranched alkanes of at least 4 members (excludes halogenated alkanes) is 1. The maximum Gasteiger partial charge on any atom is 0.407 e. The van der Waals surface area contributed by atoms with Gasteiger partial charge in [-0.25, -0.2) is 4.79 Å². The second-order valence-electron chi connectivity index (χ2n) is 3.46. The summed E-state index contributed by atoms with van der Waals surface area (Å²) in [5, 5.41) is 14.1. The maximum absolute atomic E-state index is 11.0. The fourth-order valence-electron chi connectivity index (χ4n) is 1.06. The Labute approximate surface area is 104 Å². The molecule has 0 aromatic heterocycles. The molecular formula is C9H17N5O4. The molecular weight excluding hydrogens is 242 g/mol. The summed E-state index contributed by atoms with van der Waals surface area (Å²) in [5.74, 6) is -1.04. The summed E-state index contributed by atoms with van der Waals surface area (Å²) < 4.78 is 4.79. The van der Waals surface area contributed by atoms with E-state index in [1.807, 2.05) is 0 Å². The second-order valence-corrected chi connectivity index (χ2v) is 3.46. The Kier molecular flexibility index (Phi) is 9.06. The third-order valence-electron chi connectivity index (χ3n) is 2.00. The van der Waals surface area contributed by atoms with Gasteiger partial charge in [-0.2, -0.15) is 0 Å². The Morgan fingerprint density at radius 2 is 2.22 bits per heavy atom. The molecule has 0 aromatic rings. The molecule has 4 N–H and O–H groups in total. The number of nitrogens with two attached hydrogens (primary N) is 1. The number of alkyl carbamates (subject to hydrolysis) is 1. The molecule has 0 rings (SSSR count). The Morgan fingerprint density at radius 1 is 1.50 bits per heavy atom. The molecule has 0 radical (unpaired) electrons. The third-order valence-corrected chi connectivity index (χ3v) is 2.00. The lowest BCUT2D eigenvalue weighted by atomic mass is 10.1. The van der Waals surface area contributed by atoms with Crippen LogP contribution < -0.4 is 11.1 Å². The van der Waals surface area contributed by atoms with E-state index in [1.165, 1.54) is 0 Å². The molecule has 0 spiro atoms. The van der Waals surface area contributed by atoms with Gasteiger partial charge in [-0.3, -0.25) is 4.79 Å². The molecule has 9 nitrogen and oxygen atoms in total. The number of nitrogens with one attached hydrogen (secondary N) is 1. The number of carboxylic acids is 1. The molecule has 0 saturated heterocycles. The summed E-state index contributed by atoms with van der Waals surface area (Å²) in [6.07, 6.45) is 0.868. The highest BCUT2D eigenvalue weighted by atomic mass is 16.5. The van der Waals surface area contributed by atoms with Gasteiger partial charge in [-0.15, -0.1) is 0 Å². The number of rotatable bonds is 9. The summed E-state index contributed by atoms with van der Waals surface area (Å²) in [4.78, 5) is 23.9. The fourth-order valence-corrected chi connectivity index (χ4v) is 1.06. The van der Waals surface area contributed by atoms with E-state index in [0.29, 0.717) is 19.3 Å². The molecule has 0 unspecified atom stereocenters. The first-order valence-electron chi connectivity index (χ1n) is 5.47. The van der Waals surface area contributed by atoms with Crippen molar-refractivity contribution in [2.24, 2.45) is 10.8 Å².